The second-order valence-corrected chi connectivity index (χ2v) is 13.1. The highest BCUT2D eigenvalue weighted by Gasteiger charge is 2.31. The standard InChI is InChI=1S/C35H45N5O5/c1-35(2,3)40-32(43)25-15-9-7-14-24(25)20-30(41)28(19-22-11-5-4-6-12-22)38-34(45)29(21-31(36)42)39-33(44)27-18-17-23-13-8-10-16-26(23)37-27/h7-10,13-18,22,28-30,41H,4-6,11-12,19-21H2,1-3H3,(H2,36,42)(H,38,45)(H,39,44)(H,40,43)/t28-,29-,30+/m0/s1. The molecule has 1 aromatic heterocycles. The Hall–Kier alpha value is -4.31. The van der Waals surface area contributed by atoms with Gasteiger partial charge in [-0.1, -0.05) is 74.6 Å². The number of hydrogen-bond acceptors (Lipinski definition) is 6. The van der Waals surface area contributed by atoms with E-state index in [1.54, 1.807) is 36.4 Å². The van der Waals surface area contributed by atoms with Crippen LogP contribution in [0.25, 0.3) is 10.9 Å². The van der Waals surface area contributed by atoms with Crippen LogP contribution in [-0.2, 0) is 16.0 Å². The molecule has 45 heavy (non-hydrogen) atoms. The molecular weight excluding hydrogens is 570 g/mol. The van der Waals surface area contributed by atoms with Crippen molar-refractivity contribution in [3.63, 3.8) is 0 Å². The van der Waals surface area contributed by atoms with Crippen molar-refractivity contribution in [2.75, 3.05) is 0 Å². The van der Waals surface area contributed by atoms with Gasteiger partial charge in [-0.3, -0.25) is 19.2 Å². The minimum Gasteiger partial charge on any atom is -0.391 e. The van der Waals surface area contributed by atoms with Gasteiger partial charge in [0.25, 0.3) is 11.8 Å². The maximum atomic E-state index is 13.7. The van der Waals surface area contributed by atoms with E-state index in [0.29, 0.717) is 29.0 Å². The van der Waals surface area contributed by atoms with Crippen molar-refractivity contribution < 1.29 is 24.3 Å². The lowest BCUT2D eigenvalue weighted by Gasteiger charge is -2.31. The van der Waals surface area contributed by atoms with E-state index in [-0.39, 0.29) is 18.0 Å². The summed E-state index contributed by atoms with van der Waals surface area (Å²) in [7, 11) is 0. The number of primary amides is 1. The molecule has 0 bridgehead atoms. The molecule has 4 amide bonds. The van der Waals surface area contributed by atoms with Gasteiger partial charge in [-0.2, -0.15) is 0 Å². The average molecular weight is 616 g/mol. The Morgan fingerprint density at radius 1 is 0.911 bits per heavy atom. The van der Waals surface area contributed by atoms with Crippen molar-refractivity contribution >= 4 is 34.5 Å². The van der Waals surface area contributed by atoms with Crippen LogP contribution in [0, 0.1) is 5.92 Å². The first kappa shape index (κ1) is 33.6. The number of fused-ring (bicyclic) bond motifs is 1. The third-order valence-corrected chi connectivity index (χ3v) is 8.14. The van der Waals surface area contributed by atoms with Gasteiger partial charge in [0.05, 0.1) is 24.1 Å². The zero-order chi connectivity index (χ0) is 32.6. The molecule has 4 rings (SSSR count). The van der Waals surface area contributed by atoms with Gasteiger partial charge in [0.15, 0.2) is 0 Å². The number of para-hydroxylation sites is 1. The molecule has 0 radical (unpaired) electrons. The molecule has 10 heteroatoms. The third kappa shape index (κ3) is 9.84. The molecule has 3 atom stereocenters. The summed E-state index contributed by atoms with van der Waals surface area (Å²) in [6, 6.07) is 15.8. The largest absolute Gasteiger partial charge is 0.391 e. The predicted molar refractivity (Wildman–Crippen MR) is 173 cm³/mol. The van der Waals surface area contributed by atoms with E-state index in [2.05, 4.69) is 20.9 Å². The smallest absolute Gasteiger partial charge is 0.270 e. The summed E-state index contributed by atoms with van der Waals surface area (Å²) in [6.07, 6.45) is 4.47. The quantitative estimate of drug-likeness (QED) is 0.208. The van der Waals surface area contributed by atoms with Crippen LogP contribution < -0.4 is 21.7 Å². The maximum Gasteiger partial charge on any atom is 0.270 e. The number of carbonyl (C=O) groups excluding carboxylic acids is 4. The lowest BCUT2D eigenvalue weighted by molar-refractivity contribution is -0.128. The van der Waals surface area contributed by atoms with Gasteiger partial charge < -0.3 is 26.8 Å². The molecule has 0 unspecified atom stereocenters. The van der Waals surface area contributed by atoms with Crippen molar-refractivity contribution in [2.45, 2.75) is 95.9 Å². The number of amides is 4. The molecule has 1 aliphatic carbocycles. The number of hydrogen-bond donors (Lipinski definition) is 5. The van der Waals surface area contributed by atoms with Gasteiger partial charge in [0.1, 0.15) is 11.7 Å². The minimum absolute atomic E-state index is 0.0971. The number of aliphatic hydroxyl groups is 1. The lowest BCUT2D eigenvalue weighted by atomic mass is 9.82. The zero-order valence-corrected chi connectivity index (χ0v) is 26.3. The summed E-state index contributed by atoms with van der Waals surface area (Å²) in [4.78, 5) is 56.3. The van der Waals surface area contributed by atoms with Crippen molar-refractivity contribution in [2.24, 2.45) is 11.7 Å². The van der Waals surface area contributed by atoms with Gasteiger partial charge in [0.2, 0.25) is 11.8 Å². The molecular formula is C35H45N5O5. The van der Waals surface area contributed by atoms with E-state index in [9.17, 15) is 24.3 Å². The molecule has 1 saturated carbocycles. The number of nitrogens with one attached hydrogen (secondary N) is 3. The molecule has 1 aliphatic rings. The Labute approximate surface area is 264 Å². The molecule has 6 N–H and O–H groups in total. The number of aromatic nitrogens is 1. The van der Waals surface area contributed by atoms with Crippen LogP contribution in [0.3, 0.4) is 0 Å². The van der Waals surface area contributed by atoms with Crippen LogP contribution in [0.5, 0.6) is 0 Å². The second kappa shape index (κ2) is 15.1. The fourth-order valence-electron chi connectivity index (χ4n) is 5.91. The summed E-state index contributed by atoms with van der Waals surface area (Å²) in [6.45, 7) is 5.69. The summed E-state index contributed by atoms with van der Waals surface area (Å²) in [5, 5.41) is 21.0. The second-order valence-electron chi connectivity index (χ2n) is 13.1. The molecule has 0 aliphatic heterocycles. The number of aliphatic hydroxyl groups excluding tert-OH is 1. The number of carbonyl (C=O) groups is 4. The topological polar surface area (TPSA) is 164 Å². The van der Waals surface area contributed by atoms with Crippen molar-refractivity contribution in [1.29, 1.82) is 0 Å². The number of nitrogens with two attached hydrogens (primary N) is 1. The molecule has 1 fully saturated rings. The van der Waals surface area contributed by atoms with E-state index in [4.69, 9.17) is 5.73 Å². The first-order chi connectivity index (χ1) is 21.4. The van der Waals surface area contributed by atoms with Gasteiger partial charge in [0, 0.05) is 22.9 Å². The average Bonchev–Trinajstić information content (AvgIpc) is 2.99. The van der Waals surface area contributed by atoms with Crippen molar-refractivity contribution in [1.82, 2.24) is 20.9 Å². The highest BCUT2D eigenvalue weighted by atomic mass is 16.3. The molecule has 1 heterocycles. The van der Waals surface area contributed by atoms with Crippen molar-refractivity contribution in [3.05, 3.63) is 77.5 Å². The Morgan fingerprint density at radius 2 is 1.60 bits per heavy atom. The summed E-state index contributed by atoms with van der Waals surface area (Å²) in [5.41, 5.74) is 6.86. The number of nitrogens with zero attached hydrogens (tertiary/aromatic N) is 1. The Balaban J connectivity index is 1.54. The van der Waals surface area contributed by atoms with Crippen LogP contribution in [0.1, 0.15) is 92.1 Å². The first-order valence-corrected chi connectivity index (χ1v) is 15.7. The fraction of sp³-hybridized carbons (Fsp3) is 0.457. The summed E-state index contributed by atoms with van der Waals surface area (Å²) < 4.78 is 0. The number of rotatable bonds is 12. The van der Waals surface area contributed by atoms with Gasteiger partial charge >= 0.3 is 0 Å². The van der Waals surface area contributed by atoms with Crippen LogP contribution in [0.4, 0.5) is 0 Å². The normalized spacial score (nSPS) is 15.9. The van der Waals surface area contributed by atoms with E-state index in [0.717, 1.165) is 37.5 Å². The SMILES string of the molecule is CC(C)(C)NC(=O)c1ccccc1C[C@@H](O)[C@H](CC1CCCCC1)NC(=O)[C@H](CC(N)=O)NC(=O)c1ccc2ccccc2n1. The van der Waals surface area contributed by atoms with E-state index >= 15 is 0 Å². The molecule has 0 spiro atoms. The lowest BCUT2D eigenvalue weighted by Crippen LogP contribution is -2.54. The summed E-state index contributed by atoms with van der Waals surface area (Å²) in [5.74, 6) is -1.95. The molecule has 3 aromatic rings. The first-order valence-electron chi connectivity index (χ1n) is 15.7. The number of pyridine rings is 1. The zero-order valence-electron chi connectivity index (χ0n) is 26.3. The van der Waals surface area contributed by atoms with Gasteiger partial charge in [-0.15, -0.1) is 0 Å². The van der Waals surface area contributed by atoms with Gasteiger partial charge in [-0.25, -0.2) is 4.98 Å². The molecule has 10 nitrogen and oxygen atoms in total. The molecule has 240 valence electrons. The van der Waals surface area contributed by atoms with E-state index in [1.165, 1.54) is 0 Å². The van der Waals surface area contributed by atoms with Crippen molar-refractivity contribution in [3.8, 4) is 0 Å². The van der Waals surface area contributed by atoms with Crippen LogP contribution in [0.15, 0.2) is 60.7 Å². The third-order valence-electron chi connectivity index (χ3n) is 8.14. The number of benzene rings is 2. The monoisotopic (exact) mass is 615 g/mol. The van der Waals surface area contributed by atoms with E-state index in [1.807, 2.05) is 45.0 Å². The van der Waals surface area contributed by atoms with Crippen LogP contribution in [0.2, 0.25) is 0 Å². The molecule has 0 saturated heterocycles. The van der Waals surface area contributed by atoms with Crippen LogP contribution >= 0.6 is 0 Å². The summed E-state index contributed by atoms with van der Waals surface area (Å²) >= 11 is 0. The van der Waals surface area contributed by atoms with E-state index < -0.39 is 47.9 Å². The fourth-order valence-corrected chi connectivity index (χ4v) is 5.91. The minimum atomic E-state index is -1.27. The van der Waals surface area contributed by atoms with Crippen LogP contribution in [-0.4, -0.2) is 57.4 Å². The van der Waals surface area contributed by atoms with Gasteiger partial charge in [-0.05, 0) is 56.9 Å². The maximum absolute atomic E-state index is 13.7. The Kier molecular flexibility index (Phi) is 11.3. The molecule has 2 aromatic carbocycles. The highest BCUT2D eigenvalue weighted by Crippen LogP contribution is 2.29. The highest BCUT2D eigenvalue weighted by molar-refractivity contribution is 5.99. The Morgan fingerprint density at radius 3 is 2.31 bits per heavy atom. The Bertz CT molecular complexity index is 1510. The predicted octanol–water partition coefficient (Wildman–Crippen LogP) is 3.80.